The van der Waals surface area contributed by atoms with Gasteiger partial charge in [0.15, 0.2) is 12.6 Å². The van der Waals surface area contributed by atoms with E-state index in [0.29, 0.717) is 6.42 Å². The van der Waals surface area contributed by atoms with Crippen LogP contribution in [0.5, 0.6) is 0 Å². The number of aliphatic hydroxyl groups excluding tert-OH is 4. The van der Waals surface area contributed by atoms with Gasteiger partial charge in [-0.2, -0.15) is 0 Å². The van der Waals surface area contributed by atoms with Gasteiger partial charge in [-0.05, 0) is 0 Å². The molecule has 7 atom stereocenters. The summed E-state index contributed by atoms with van der Waals surface area (Å²) in [5, 5.41) is 38.4. The van der Waals surface area contributed by atoms with Crippen LogP contribution in [0.4, 0.5) is 0 Å². The van der Waals surface area contributed by atoms with Gasteiger partial charge in [0.05, 0.1) is 31.5 Å². The van der Waals surface area contributed by atoms with Gasteiger partial charge < -0.3 is 39.4 Å². The summed E-state index contributed by atoms with van der Waals surface area (Å²) in [4.78, 5) is 0. The lowest BCUT2D eigenvalue weighted by Gasteiger charge is -2.38. The molecule has 0 bridgehead atoms. The van der Waals surface area contributed by atoms with Crippen molar-refractivity contribution >= 4 is 0 Å². The maximum absolute atomic E-state index is 9.89. The zero-order valence-corrected chi connectivity index (χ0v) is 12.0. The summed E-state index contributed by atoms with van der Waals surface area (Å²) in [5.74, 6) is 0. The third-order valence-corrected chi connectivity index (χ3v) is 3.79. The molecule has 124 valence electrons. The Hall–Kier alpha value is -0.320. The lowest BCUT2D eigenvalue weighted by atomic mass is 10.0. The predicted molar refractivity (Wildman–Crippen MR) is 69.2 cm³/mol. The summed E-state index contributed by atoms with van der Waals surface area (Å²) in [5.41, 5.74) is 0. The average molecular weight is 308 g/mol. The third kappa shape index (κ3) is 4.57. The van der Waals surface area contributed by atoms with Gasteiger partial charge in [0.1, 0.15) is 12.2 Å². The lowest BCUT2D eigenvalue weighted by molar-refractivity contribution is -0.277. The highest BCUT2D eigenvalue weighted by atomic mass is 16.7. The molecule has 21 heavy (non-hydrogen) atoms. The summed E-state index contributed by atoms with van der Waals surface area (Å²) in [6, 6.07) is 0. The number of rotatable bonds is 5. The molecule has 4 unspecified atom stereocenters. The van der Waals surface area contributed by atoms with Crippen molar-refractivity contribution in [1.82, 2.24) is 0 Å². The topological polar surface area (TPSA) is 118 Å². The van der Waals surface area contributed by atoms with Crippen LogP contribution in [0, 0.1) is 0 Å². The number of ether oxygens (including phenoxy) is 4. The summed E-state index contributed by atoms with van der Waals surface area (Å²) in [7, 11) is 1.46. The highest BCUT2D eigenvalue weighted by Crippen LogP contribution is 2.24. The van der Waals surface area contributed by atoms with E-state index >= 15 is 0 Å². The molecular weight excluding hydrogens is 284 g/mol. The van der Waals surface area contributed by atoms with Gasteiger partial charge in [0, 0.05) is 26.4 Å². The van der Waals surface area contributed by atoms with E-state index in [4.69, 9.17) is 24.1 Å². The van der Waals surface area contributed by atoms with Gasteiger partial charge in [-0.3, -0.25) is 0 Å². The molecule has 2 aliphatic rings. The van der Waals surface area contributed by atoms with Crippen LogP contribution in [0.25, 0.3) is 0 Å². The molecule has 0 saturated carbocycles. The van der Waals surface area contributed by atoms with Crippen LogP contribution in [0.1, 0.15) is 19.3 Å². The summed E-state index contributed by atoms with van der Waals surface area (Å²) >= 11 is 0. The van der Waals surface area contributed by atoms with Crippen molar-refractivity contribution in [2.24, 2.45) is 0 Å². The highest BCUT2D eigenvalue weighted by Gasteiger charge is 2.38. The van der Waals surface area contributed by atoms with E-state index in [0.717, 1.165) is 0 Å². The van der Waals surface area contributed by atoms with Crippen molar-refractivity contribution in [1.29, 1.82) is 0 Å². The van der Waals surface area contributed by atoms with Gasteiger partial charge in [-0.25, -0.2) is 0 Å². The maximum atomic E-state index is 9.89. The Morgan fingerprint density at radius 3 is 2.48 bits per heavy atom. The minimum absolute atomic E-state index is 0.00633. The van der Waals surface area contributed by atoms with E-state index in [2.05, 4.69) is 0 Å². The van der Waals surface area contributed by atoms with Crippen LogP contribution >= 0.6 is 0 Å². The molecule has 0 aromatic rings. The monoisotopic (exact) mass is 308 g/mol. The second-order valence-corrected chi connectivity index (χ2v) is 5.46. The fourth-order valence-corrected chi connectivity index (χ4v) is 2.58. The normalized spacial score (nSPS) is 44.7. The van der Waals surface area contributed by atoms with Gasteiger partial charge >= 0.3 is 0 Å². The number of methoxy groups -OCH3 is 1. The second kappa shape index (κ2) is 7.80. The molecule has 0 spiro atoms. The first-order valence-corrected chi connectivity index (χ1v) is 7.13. The van der Waals surface area contributed by atoms with Crippen LogP contribution in [-0.4, -0.2) is 83.8 Å². The van der Waals surface area contributed by atoms with E-state index in [9.17, 15) is 15.3 Å². The zero-order chi connectivity index (χ0) is 15.4. The van der Waals surface area contributed by atoms with Crippen LogP contribution in [0.2, 0.25) is 0 Å². The average Bonchev–Trinajstić information content (AvgIpc) is 2.47. The van der Waals surface area contributed by atoms with Crippen molar-refractivity contribution < 1.29 is 39.4 Å². The first kappa shape index (κ1) is 17.0. The quantitative estimate of drug-likeness (QED) is 0.477. The molecule has 0 aromatic carbocycles. The van der Waals surface area contributed by atoms with Crippen molar-refractivity contribution in [3.8, 4) is 0 Å². The number of hydrogen-bond acceptors (Lipinski definition) is 8. The minimum Gasteiger partial charge on any atom is -0.394 e. The molecule has 0 radical (unpaired) electrons. The molecule has 2 heterocycles. The van der Waals surface area contributed by atoms with Gasteiger partial charge in [0.25, 0.3) is 0 Å². The Balaban J connectivity index is 1.83. The minimum atomic E-state index is -1.07. The smallest absolute Gasteiger partial charge is 0.160 e. The van der Waals surface area contributed by atoms with Crippen LogP contribution < -0.4 is 0 Å². The molecule has 8 nitrogen and oxygen atoms in total. The van der Waals surface area contributed by atoms with E-state index in [-0.39, 0.29) is 26.1 Å². The summed E-state index contributed by atoms with van der Waals surface area (Å²) in [6.45, 7) is -0.197. The van der Waals surface area contributed by atoms with Crippen LogP contribution in [-0.2, 0) is 18.9 Å². The molecule has 0 aromatic heterocycles. The molecule has 2 rings (SSSR count). The summed E-state index contributed by atoms with van der Waals surface area (Å²) in [6.07, 6.45) is -4.25. The molecule has 2 saturated heterocycles. The molecule has 0 aliphatic carbocycles. The third-order valence-electron chi connectivity index (χ3n) is 3.79. The zero-order valence-electron chi connectivity index (χ0n) is 12.0. The van der Waals surface area contributed by atoms with Gasteiger partial charge in [-0.1, -0.05) is 0 Å². The van der Waals surface area contributed by atoms with E-state index in [1.54, 1.807) is 0 Å². The first-order chi connectivity index (χ1) is 10.0. The van der Waals surface area contributed by atoms with Crippen molar-refractivity contribution in [3.63, 3.8) is 0 Å². The molecule has 2 aliphatic heterocycles. The second-order valence-electron chi connectivity index (χ2n) is 5.46. The Morgan fingerprint density at radius 2 is 1.81 bits per heavy atom. The predicted octanol–water partition coefficient (Wildman–Crippen LogP) is -1.66. The van der Waals surface area contributed by atoms with Gasteiger partial charge in [0.2, 0.25) is 0 Å². The van der Waals surface area contributed by atoms with E-state index < -0.39 is 43.1 Å². The van der Waals surface area contributed by atoms with Crippen molar-refractivity contribution in [3.05, 3.63) is 0 Å². The number of aliphatic hydroxyl groups is 4. The lowest BCUT2D eigenvalue weighted by Crippen LogP contribution is -2.51. The Morgan fingerprint density at radius 1 is 1.05 bits per heavy atom. The van der Waals surface area contributed by atoms with Crippen molar-refractivity contribution in [2.45, 2.75) is 62.4 Å². The molecule has 8 heteroatoms. The fourth-order valence-electron chi connectivity index (χ4n) is 2.58. The first-order valence-electron chi connectivity index (χ1n) is 7.13. The highest BCUT2D eigenvalue weighted by molar-refractivity contribution is 4.83. The van der Waals surface area contributed by atoms with Crippen LogP contribution in [0.15, 0.2) is 0 Å². The summed E-state index contributed by atoms with van der Waals surface area (Å²) < 4.78 is 21.4. The SMILES string of the molecule is CO[C@@H]1CC(O)[C@H](O)[C@@H](COC2CC(O)CC(CO)O2)O1. The maximum Gasteiger partial charge on any atom is 0.160 e. The molecule has 4 N–H and O–H groups in total. The van der Waals surface area contributed by atoms with Crippen molar-refractivity contribution in [2.75, 3.05) is 20.3 Å². The number of hydrogen-bond donors (Lipinski definition) is 4. The van der Waals surface area contributed by atoms with E-state index in [1.165, 1.54) is 7.11 Å². The Bertz CT molecular complexity index is 315. The fraction of sp³-hybridized carbons (Fsp3) is 1.00. The molecule has 2 fully saturated rings. The Kier molecular flexibility index (Phi) is 6.33. The Labute approximate surface area is 123 Å². The largest absolute Gasteiger partial charge is 0.394 e. The van der Waals surface area contributed by atoms with Gasteiger partial charge in [-0.15, -0.1) is 0 Å². The van der Waals surface area contributed by atoms with E-state index in [1.807, 2.05) is 0 Å². The van der Waals surface area contributed by atoms with Crippen LogP contribution in [0.3, 0.4) is 0 Å². The molecule has 0 amide bonds. The molecular formula is C13H24O8. The standard InChI is InChI=1S/C13H24O8/c1-18-11-4-9(16)13(17)10(21-11)6-19-12-3-7(15)2-8(5-14)20-12/h7-17H,2-6H2,1H3/t7?,8?,9?,10-,11+,12?,13+/m1/s1.